The summed E-state index contributed by atoms with van der Waals surface area (Å²) in [5.74, 6) is -0.821. The van der Waals surface area contributed by atoms with Crippen LogP contribution in [0.3, 0.4) is 0 Å². The van der Waals surface area contributed by atoms with E-state index in [1.54, 1.807) is 18.2 Å². The standard InChI is InChI=1S/C14H17NO4S/c1-11-10-12(5-7-14(16)17)4-6-13(11)15-8-2-3-9-20(15,18)19/h4-7,10H,2-3,8-9H2,1H3,(H,16,17)/b7-5+. The summed E-state index contributed by atoms with van der Waals surface area (Å²) >= 11 is 0. The minimum absolute atomic E-state index is 0.188. The fourth-order valence-electron chi connectivity index (χ4n) is 2.29. The van der Waals surface area contributed by atoms with E-state index < -0.39 is 16.0 Å². The molecule has 0 amide bonds. The summed E-state index contributed by atoms with van der Waals surface area (Å²) < 4.78 is 25.6. The molecule has 20 heavy (non-hydrogen) atoms. The van der Waals surface area contributed by atoms with Crippen molar-refractivity contribution in [3.8, 4) is 0 Å². The van der Waals surface area contributed by atoms with Crippen molar-refractivity contribution in [2.24, 2.45) is 0 Å². The van der Waals surface area contributed by atoms with Gasteiger partial charge in [0, 0.05) is 12.6 Å². The van der Waals surface area contributed by atoms with Crippen LogP contribution in [0.2, 0.25) is 0 Å². The van der Waals surface area contributed by atoms with Crippen LogP contribution in [0.5, 0.6) is 0 Å². The second kappa shape index (κ2) is 5.66. The van der Waals surface area contributed by atoms with Gasteiger partial charge in [-0.05, 0) is 49.1 Å². The topological polar surface area (TPSA) is 74.7 Å². The molecule has 5 nitrogen and oxygen atoms in total. The predicted octanol–water partition coefficient (Wildman–Crippen LogP) is 2.02. The normalized spacial score (nSPS) is 18.4. The molecule has 1 saturated heterocycles. The molecule has 1 fully saturated rings. The summed E-state index contributed by atoms with van der Waals surface area (Å²) in [7, 11) is -3.22. The minimum Gasteiger partial charge on any atom is -0.478 e. The molecular formula is C14H17NO4S. The quantitative estimate of drug-likeness (QED) is 0.866. The number of carbonyl (C=O) groups is 1. The van der Waals surface area contributed by atoms with Gasteiger partial charge in [-0.1, -0.05) is 6.07 Å². The Hall–Kier alpha value is -1.82. The van der Waals surface area contributed by atoms with Crippen LogP contribution in [-0.4, -0.2) is 31.8 Å². The molecule has 0 spiro atoms. The van der Waals surface area contributed by atoms with E-state index in [9.17, 15) is 13.2 Å². The first kappa shape index (κ1) is 14.6. The van der Waals surface area contributed by atoms with Crippen molar-refractivity contribution in [1.29, 1.82) is 0 Å². The van der Waals surface area contributed by atoms with Gasteiger partial charge in [-0.3, -0.25) is 4.31 Å². The Balaban J connectivity index is 2.32. The zero-order valence-corrected chi connectivity index (χ0v) is 12.1. The Morgan fingerprint density at radius 3 is 2.70 bits per heavy atom. The molecule has 1 N–H and O–H groups in total. The van der Waals surface area contributed by atoms with Gasteiger partial charge in [0.15, 0.2) is 0 Å². The van der Waals surface area contributed by atoms with E-state index in [-0.39, 0.29) is 5.75 Å². The summed E-state index contributed by atoms with van der Waals surface area (Å²) in [5, 5.41) is 8.60. The number of rotatable bonds is 3. The highest BCUT2D eigenvalue weighted by molar-refractivity contribution is 7.92. The number of nitrogens with zero attached hydrogens (tertiary/aromatic N) is 1. The largest absolute Gasteiger partial charge is 0.478 e. The molecule has 0 radical (unpaired) electrons. The van der Waals surface area contributed by atoms with Gasteiger partial charge in [-0.2, -0.15) is 0 Å². The Morgan fingerprint density at radius 1 is 1.35 bits per heavy atom. The minimum atomic E-state index is -3.22. The lowest BCUT2D eigenvalue weighted by Crippen LogP contribution is -2.38. The third-order valence-electron chi connectivity index (χ3n) is 3.26. The van der Waals surface area contributed by atoms with Crippen LogP contribution < -0.4 is 4.31 Å². The summed E-state index contributed by atoms with van der Waals surface area (Å²) in [6.45, 7) is 2.34. The monoisotopic (exact) mass is 295 g/mol. The molecule has 0 aliphatic carbocycles. The number of aryl methyl sites for hydroxylation is 1. The maximum Gasteiger partial charge on any atom is 0.328 e. The number of benzene rings is 1. The summed E-state index contributed by atoms with van der Waals surface area (Å²) in [6.07, 6.45) is 4.12. The van der Waals surface area contributed by atoms with Crippen molar-refractivity contribution in [2.75, 3.05) is 16.6 Å². The fourth-order valence-corrected chi connectivity index (χ4v) is 3.99. The number of carboxylic acids is 1. The molecule has 1 aliphatic rings. The summed E-state index contributed by atoms with van der Waals surface area (Å²) in [4.78, 5) is 10.5. The van der Waals surface area contributed by atoms with Gasteiger partial charge in [0.2, 0.25) is 10.0 Å². The van der Waals surface area contributed by atoms with Crippen molar-refractivity contribution in [3.05, 3.63) is 35.4 Å². The Morgan fingerprint density at radius 2 is 2.10 bits per heavy atom. The molecule has 2 rings (SSSR count). The third-order valence-corrected chi connectivity index (χ3v) is 5.11. The molecule has 0 atom stereocenters. The maximum atomic E-state index is 12.1. The number of hydrogen-bond donors (Lipinski definition) is 1. The second-order valence-corrected chi connectivity index (χ2v) is 6.83. The lowest BCUT2D eigenvalue weighted by atomic mass is 10.1. The Labute approximate surface area is 118 Å². The predicted molar refractivity (Wildman–Crippen MR) is 78.2 cm³/mol. The van der Waals surface area contributed by atoms with Gasteiger partial charge in [0.1, 0.15) is 0 Å². The SMILES string of the molecule is Cc1cc(/C=C/C(=O)O)ccc1N1CCCCS1(=O)=O. The highest BCUT2D eigenvalue weighted by Gasteiger charge is 2.26. The third kappa shape index (κ3) is 3.19. The van der Waals surface area contributed by atoms with Crippen molar-refractivity contribution in [2.45, 2.75) is 19.8 Å². The van der Waals surface area contributed by atoms with E-state index in [4.69, 9.17) is 5.11 Å². The van der Waals surface area contributed by atoms with Crippen molar-refractivity contribution < 1.29 is 18.3 Å². The molecule has 0 aromatic heterocycles. The number of aliphatic carboxylic acids is 1. The number of carboxylic acid groups (broad SMARTS) is 1. The molecule has 0 unspecified atom stereocenters. The van der Waals surface area contributed by atoms with Crippen molar-refractivity contribution >= 4 is 27.8 Å². The second-order valence-electron chi connectivity index (χ2n) is 4.81. The highest BCUT2D eigenvalue weighted by Crippen LogP contribution is 2.27. The van der Waals surface area contributed by atoms with Crippen LogP contribution in [0.15, 0.2) is 24.3 Å². The Bertz CT molecular complexity index is 649. The van der Waals surface area contributed by atoms with Crippen molar-refractivity contribution in [3.63, 3.8) is 0 Å². The van der Waals surface area contributed by atoms with Gasteiger partial charge in [0.05, 0.1) is 11.4 Å². The fraction of sp³-hybridized carbons (Fsp3) is 0.357. The first-order chi connectivity index (χ1) is 9.40. The van der Waals surface area contributed by atoms with Gasteiger partial charge in [-0.25, -0.2) is 13.2 Å². The van der Waals surface area contributed by atoms with E-state index in [1.807, 2.05) is 6.92 Å². The van der Waals surface area contributed by atoms with Gasteiger partial charge >= 0.3 is 5.97 Å². The van der Waals surface area contributed by atoms with E-state index in [0.29, 0.717) is 18.7 Å². The van der Waals surface area contributed by atoms with Crippen LogP contribution in [0.25, 0.3) is 6.08 Å². The maximum absolute atomic E-state index is 12.1. The zero-order valence-electron chi connectivity index (χ0n) is 11.2. The molecule has 1 aromatic rings. The first-order valence-electron chi connectivity index (χ1n) is 6.42. The van der Waals surface area contributed by atoms with Crippen LogP contribution in [0.1, 0.15) is 24.0 Å². The smallest absolute Gasteiger partial charge is 0.328 e. The molecule has 1 aromatic carbocycles. The van der Waals surface area contributed by atoms with E-state index in [1.165, 1.54) is 10.4 Å². The zero-order chi connectivity index (χ0) is 14.8. The molecule has 6 heteroatoms. The number of hydrogen-bond acceptors (Lipinski definition) is 3. The lowest BCUT2D eigenvalue weighted by molar-refractivity contribution is -0.131. The molecule has 108 valence electrons. The molecular weight excluding hydrogens is 278 g/mol. The van der Waals surface area contributed by atoms with Gasteiger partial charge < -0.3 is 5.11 Å². The average molecular weight is 295 g/mol. The van der Waals surface area contributed by atoms with E-state index in [0.717, 1.165) is 23.6 Å². The lowest BCUT2D eigenvalue weighted by Gasteiger charge is -2.29. The summed E-state index contributed by atoms with van der Waals surface area (Å²) in [6, 6.07) is 5.25. The number of sulfonamides is 1. The van der Waals surface area contributed by atoms with Crippen LogP contribution in [0, 0.1) is 6.92 Å². The molecule has 1 heterocycles. The van der Waals surface area contributed by atoms with Gasteiger partial charge in [-0.15, -0.1) is 0 Å². The van der Waals surface area contributed by atoms with Crippen molar-refractivity contribution in [1.82, 2.24) is 0 Å². The molecule has 0 bridgehead atoms. The molecule has 0 saturated carbocycles. The van der Waals surface area contributed by atoms with Crippen LogP contribution >= 0.6 is 0 Å². The van der Waals surface area contributed by atoms with Crippen LogP contribution in [0.4, 0.5) is 5.69 Å². The van der Waals surface area contributed by atoms with Crippen LogP contribution in [-0.2, 0) is 14.8 Å². The highest BCUT2D eigenvalue weighted by atomic mass is 32.2. The number of anilines is 1. The first-order valence-corrected chi connectivity index (χ1v) is 8.03. The summed E-state index contributed by atoms with van der Waals surface area (Å²) in [5.41, 5.74) is 2.24. The average Bonchev–Trinajstić information content (AvgIpc) is 2.37. The Kier molecular flexibility index (Phi) is 4.13. The molecule has 1 aliphatic heterocycles. The van der Waals surface area contributed by atoms with E-state index in [2.05, 4.69) is 0 Å². The van der Waals surface area contributed by atoms with Gasteiger partial charge in [0.25, 0.3) is 0 Å². The van der Waals surface area contributed by atoms with E-state index >= 15 is 0 Å².